The monoisotopic (exact) mass is 266 g/mol. The third-order valence-corrected chi connectivity index (χ3v) is 5.23. The van der Waals surface area contributed by atoms with Gasteiger partial charge in [0.15, 0.2) is 0 Å². The van der Waals surface area contributed by atoms with Gasteiger partial charge in [0.25, 0.3) is 0 Å². The highest BCUT2D eigenvalue weighted by atomic mass is 16.2. The van der Waals surface area contributed by atoms with E-state index in [1.54, 1.807) is 0 Å². The average molecular weight is 266 g/mol. The molecule has 0 aromatic rings. The molecule has 2 unspecified atom stereocenters. The van der Waals surface area contributed by atoms with Gasteiger partial charge in [0.05, 0.1) is 12.2 Å². The molecule has 3 heteroatoms. The number of carbonyl (C=O) groups excluding carboxylic acids is 1. The summed E-state index contributed by atoms with van der Waals surface area (Å²) in [6, 6.07) is 0.0743. The predicted molar refractivity (Wildman–Crippen MR) is 78.8 cm³/mol. The number of carbonyl (C=O) groups is 1. The largest absolute Gasteiger partial charge is 0.325 e. The topological polar surface area (TPSA) is 32.3 Å². The minimum absolute atomic E-state index is 0.0743. The maximum atomic E-state index is 12.6. The lowest BCUT2D eigenvalue weighted by molar-refractivity contribution is -0.131. The van der Waals surface area contributed by atoms with Gasteiger partial charge in [-0.1, -0.05) is 40.0 Å². The first-order valence-corrected chi connectivity index (χ1v) is 8.22. The standard InChI is InChI=1S/C16H30N2O/c1-4-9-13-15(19)18(14(5-2)17-13)12-16(6-3)10-7-8-11-16/h13-14,17H,4-12H2,1-3H3. The normalized spacial score (nSPS) is 30.3. The number of rotatable bonds is 6. The lowest BCUT2D eigenvalue weighted by Gasteiger charge is -2.35. The molecule has 2 atom stereocenters. The molecule has 1 amide bonds. The molecule has 3 nitrogen and oxygen atoms in total. The molecule has 1 heterocycles. The van der Waals surface area contributed by atoms with Gasteiger partial charge in [-0.3, -0.25) is 10.1 Å². The third-order valence-electron chi connectivity index (χ3n) is 5.23. The molecule has 1 aliphatic carbocycles. The Hall–Kier alpha value is -0.570. The Labute approximate surface area is 118 Å². The smallest absolute Gasteiger partial charge is 0.241 e. The van der Waals surface area contributed by atoms with Gasteiger partial charge < -0.3 is 4.90 Å². The van der Waals surface area contributed by atoms with Gasteiger partial charge >= 0.3 is 0 Å². The molecule has 19 heavy (non-hydrogen) atoms. The zero-order chi connectivity index (χ0) is 13.9. The van der Waals surface area contributed by atoms with Gasteiger partial charge in [-0.25, -0.2) is 0 Å². The van der Waals surface area contributed by atoms with Crippen LogP contribution in [-0.2, 0) is 4.79 Å². The van der Waals surface area contributed by atoms with Crippen molar-refractivity contribution in [1.82, 2.24) is 10.2 Å². The highest BCUT2D eigenvalue weighted by Crippen LogP contribution is 2.42. The van der Waals surface area contributed by atoms with E-state index in [1.165, 1.54) is 32.1 Å². The second-order valence-electron chi connectivity index (χ2n) is 6.46. The fourth-order valence-electron chi connectivity index (χ4n) is 3.88. The van der Waals surface area contributed by atoms with E-state index in [0.29, 0.717) is 11.3 Å². The first-order valence-electron chi connectivity index (χ1n) is 8.22. The van der Waals surface area contributed by atoms with Crippen molar-refractivity contribution in [3.05, 3.63) is 0 Å². The first-order chi connectivity index (χ1) is 9.15. The van der Waals surface area contributed by atoms with Crippen molar-refractivity contribution in [3.63, 3.8) is 0 Å². The van der Waals surface area contributed by atoms with Crippen molar-refractivity contribution in [2.45, 2.75) is 84.3 Å². The molecule has 1 saturated heterocycles. The molecule has 0 bridgehead atoms. The lowest BCUT2D eigenvalue weighted by atomic mass is 9.82. The van der Waals surface area contributed by atoms with Gasteiger partial charge in [-0.2, -0.15) is 0 Å². The van der Waals surface area contributed by atoms with Crippen LogP contribution in [-0.4, -0.2) is 29.6 Å². The van der Waals surface area contributed by atoms with Gasteiger partial charge in [-0.05, 0) is 37.5 Å². The van der Waals surface area contributed by atoms with Crippen molar-refractivity contribution >= 4 is 5.91 Å². The van der Waals surface area contributed by atoms with Crippen LogP contribution in [0.1, 0.15) is 72.1 Å². The Morgan fingerprint density at radius 3 is 2.47 bits per heavy atom. The Morgan fingerprint density at radius 1 is 1.26 bits per heavy atom. The molecule has 1 N–H and O–H groups in total. The van der Waals surface area contributed by atoms with Gasteiger partial charge in [0.1, 0.15) is 0 Å². The second kappa shape index (κ2) is 6.25. The summed E-state index contributed by atoms with van der Waals surface area (Å²) < 4.78 is 0. The van der Waals surface area contributed by atoms with Crippen molar-refractivity contribution in [2.24, 2.45) is 5.41 Å². The summed E-state index contributed by atoms with van der Waals surface area (Å²) in [5.41, 5.74) is 0.409. The van der Waals surface area contributed by atoms with Crippen molar-refractivity contribution in [2.75, 3.05) is 6.54 Å². The number of hydrogen-bond donors (Lipinski definition) is 1. The number of nitrogens with zero attached hydrogens (tertiary/aromatic N) is 1. The van der Waals surface area contributed by atoms with Crippen LogP contribution in [0.15, 0.2) is 0 Å². The van der Waals surface area contributed by atoms with Crippen LogP contribution in [0, 0.1) is 5.41 Å². The van der Waals surface area contributed by atoms with E-state index >= 15 is 0 Å². The van der Waals surface area contributed by atoms with E-state index in [4.69, 9.17) is 0 Å². The number of hydrogen-bond acceptors (Lipinski definition) is 2. The molecular formula is C16H30N2O. The van der Waals surface area contributed by atoms with Crippen LogP contribution < -0.4 is 5.32 Å². The Kier molecular flexibility index (Phi) is 4.88. The highest BCUT2D eigenvalue weighted by molar-refractivity contribution is 5.84. The highest BCUT2D eigenvalue weighted by Gasteiger charge is 2.42. The van der Waals surface area contributed by atoms with Crippen LogP contribution in [0.25, 0.3) is 0 Å². The average Bonchev–Trinajstić information content (AvgIpc) is 3.00. The number of nitrogens with one attached hydrogen (secondary N) is 1. The van der Waals surface area contributed by atoms with Crippen LogP contribution in [0.3, 0.4) is 0 Å². The maximum Gasteiger partial charge on any atom is 0.241 e. The molecule has 1 aliphatic heterocycles. The Bertz CT molecular complexity index is 310. The van der Waals surface area contributed by atoms with Crippen LogP contribution in [0.5, 0.6) is 0 Å². The van der Waals surface area contributed by atoms with Gasteiger partial charge in [0, 0.05) is 6.54 Å². The molecule has 0 spiro atoms. The molecule has 2 fully saturated rings. The van der Waals surface area contributed by atoms with E-state index in [1.807, 2.05) is 0 Å². The van der Waals surface area contributed by atoms with E-state index in [2.05, 4.69) is 31.0 Å². The molecule has 2 rings (SSSR count). The van der Waals surface area contributed by atoms with E-state index in [9.17, 15) is 4.79 Å². The number of amides is 1. The Morgan fingerprint density at radius 2 is 1.95 bits per heavy atom. The predicted octanol–water partition coefficient (Wildman–Crippen LogP) is 3.29. The third kappa shape index (κ3) is 2.96. The minimum atomic E-state index is 0.0743. The first kappa shape index (κ1) is 14.8. The molecule has 0 aromatic carbocycles. The summed E-state index contributed by atoms with van der Waals surface area (Å²) in [6.07, 6.45) is 9.86. The minimum Gasteiger partial charge on any atom is -0.325 e. The van der Waals surface area contributed by atoms with E-state index in [0.717, 1.165) is 25.8 Å². The quantitative estimate of drug-likeness (QED) is 0.800. The molecule has 2 aliphatic rings. The summed E-state index contributed by atoms with van der Waals surface area (Å²) in [6.45, 7) is 7.61. The summed E-state index contributed by atoms with van der Waals surface area (Å²) >= 11 is 0. The van der Waals surface area contributed by atoms with Gasteiger partial charge in [-0.15, -0.1) is 0 Å². The fourth-order valence-corrected chi connectivity index (χ4v) is 3.88. The van der Waals surface area contributed by atoms with Crippen LogP contribution in [0.4, 0.5) is 0 Å². The Balaban J connectivity index is 2.06. The molecule has 0 aromatic heterocycles. The summed E-state index contributed by atoms with van der Waals surface area (Å²) in [4.78, 5) is 14.7. The zero-order valence-corrected chi connectivity index (χ0v) is 12.9. The second-order valence-corrected chi connectivity index (χ2v) is 6.46. The molecule has 110 valence electrons. The molecule has 0 radical (unpaired) electrons. The maximum absolute atomic E-state index is 12.6. The van der Waals surface area contributed by atoms with Crippen molar-refractivity contribution in [1.29, 1.82) is 0 Å². The summed E-state index contributed by atoms with van der Waals surface area (Å²) in [5.74, 6) is 0.355. The van der Waals surface area contributed by atoms with Gasteiger partial charge in [0.2, 0.25) is 5.91 Å². The summed E-state index contributed by atoms with van der Waals surface area (Å²) in [7, 11) is 0. The van der Waals surface area contributed by atoms with Crippen LogP contribution in [0.2, 0.25) is 0 Å². The molecule has 1 saturated carbocycles. The fraction of sp³-hybridized carbons (Fsp3) is 0.938. The lowest BCUT2D eigenvalue weighted by Crippen LogP contribution is -2.43. The SMILES string of the molecule is CCCC1NC(CC)N(CC2(CC)CCCC2)C1=O. The zero-order valence-electron chi connectivity index (χ0n) is 12.9. The molecular weight excluding hydrogens is 236 g/mol. The summed E-state index contributed by atoms with van der Waals surface area (Å²) in [5, 5.41) is 3.53. The van der Waals surface area contributed by atoms with E-state index < -0.39 is 0 Å². The van der Waals surface area contributed by atoms with Crippen LogP contribution >= 0.6 is 0 Å². The van der Waals surface area contributed by atoms with Crippen molar-refractivity contribution in [3.8, 4) is 0 Å². The van der Waals surface area contributed by atoms with Crippen molar-refractivity contribution < 1.29 is 4.79 Å². The van der Waals surface area contributed by atoms with E-state index in [-0.39, 0.29) is 12.2 Å².